The molecule has 0 unspecified atom stereocenters. The van der Waals surface area contributed by atoms with Crippen molar-refractivity contribution in [1.29, 1.82) is 0 Å². The number of para-hydroxylation sites is 1. The average Bonchev–Trinajstić information content (AvgIpc) is 2.46. The second-order valence-corrected chi connectivity index (χ2v) is 4.59. The Morgan fingerprint density at radius 2 is 1.37 bits per heavy atom. The van der Waals surface area contributed by atoms with E-state index in [-0.39, 0.29) is 0 Å². The van der Waals surface area contributed by atoms with E-state index >= 15 is 0 Å². The zero-order chi connectivity index (χ0) is 13.7. The van der Waals surface area contributed by atoms with Gasteiger partial charge in [-0.25, -0.2) is 0 Å². The molecular formula is C18H20O. The second kappa shape index (κ2) is 6.24. The smallest absolute Gasteiger partial charge is 0.125 e. The minimum Gasteiger partial charge on any atom is -0.507 e. The molecule has 0 saturated carbocycles. The third-order valence-corrected chi connectivity index (χ3v) is 3.41. The van der Waals surface area contributed by atoms with E-state index in [4.69, 9.17) is 0 Å². The van der Waals surface area contributed by atoms with Crippen LogP contribution >= 0.6 is 0 Å². The van der Waals surface area contributed by atoms with E-state index in [1.807, 2.05) is 30.3 Å². The van der Waals surface area contributed by atoms with Crippen LogP contribution < -0.4 is 0 Å². The molecule has 0 aliphatic carbocycles. The molecule has 0 aliphatic heterocycles. The van der Waals surface area contributed by atoms with E-state index in [0.29, 0.717) is 5.75 Å². The maximum absolute atomic E-state index is 10.1. The fraction of sp³-hybridized carbons (Fsp3) is 0.222. The molecule has 2 aromatic rings. The van der Waals surface area contributed by atoms with Gasteiger partial charge >= 0.3 is 0 Å². The van der Waals surface area contributed by atoms with Gasteiger partial charge in [0.1, 0.15) is 5.75 Å². The molecule has 0 spiro atoms. The van der Waals surface area contributed by atoms with Crippen molar-refractivity contribution in [2.45, 2.75) is 26.7 Å². The molecule has 1 N–H and O–H groups in total. The van der Waals surface area contributed by atoms with Gasteiger partial charge in [0, 0.05) is 5.56 Å². The van der Waals surface area contributed by atoms with Crippen molar-refractivity contribution in [2.75, 3.05) is 0 Å². The molecule has 1 heteroatoms. The monoisotopic (exact) mass is 252 g/mol. The highest BCUT2D eigenvalue weighted by molar-refractivity contribution is 5.74. The van der Waals surface area contributed by atoms with E-state index in [9.17, 15) is 5.11 Å². The molecule has 0 saturated heterocycles. The SMILES string of the molecule is CCc1ccccc1/C=C/c1cccc(CC)c1O. The molecule has 0 aliphatic rings. The average molecular weight is 252 g/mol. The first-order chi connectivity index (χ1) is 9.26. The number of hydrogen-bond acceptors (Lipinski definition) is 1. The fourth-order valence-electron chi connectivity index (χ4n) is 2.23. The van der Waals surface area contributed by atoms with Crippen LogP contribution in [0.1, 0.15) is 36.1 Å². The van der Waals surface area contributed by atoms with Gasteiger partial charge in [-0.3, -0.25) is 0 Å². The normalized spacial score (nSPS) is 11.1. The molecule has 0 radical (unpaired) electrons. The number of phenols is 1. The predicted molar refractivity (Wildman–Crippen MR) is 82.2 cm³/mol. The van der Waals surface area contributed by atoms with E-state index in [1.54, 1.807) is 0 Å². The van der Waals surface area contributed by atoms with Crippen LogP contribution in [-0.2, 0) is 12.8 Å². The summed E-state index contributed by atoms with van der Waals surface area (Å²) in [4.78, 5) is 0. The summed E-state index contributed by atoms with van der Waals surface area (Å²) in [5.74, 6) is 0.398. The lowest BCUT2D eigenvalue weighted by atomic mass is 10.0. The van der Waals surface area contributed by atoms with Crippen LogP contribution in [0.5, 0.6) is 5.75 Å². The summed E-state index contributed by atoms with van der Waals surface area (Å²) < 4.78 is 0. The molecule has 2 aromatic carbocycles. The van der Waals surface area contributed by atoms with E-state index in [0.717, 1.165) is 24.0 Å². The summed E-state index contributed by atoms with van der Waals surface area (Å²) in [6.07, 6.45) is 5.93. The van der Waals surface area contributed by atoms with Gasteiger partial charge in [-0.15, -0.1) is 0 Å². The summed E-state index contributed by atoms with van der Waals surface area (Å²) in [6.45, 7) is 4.21. The molecule has 0 amide bonds. The van der Waals surface area contributed by atoms with Gasteiger partial charge in [0.15, 0.2) is 0 Å². The number of hydrogen-bond donors (Lipinski definition) is 1. The summed E-state index contributed by atoms with van der Waals surface area (Å²) in [7, 11) is 0. The van der Waals surface area contributed by atoms with E-state index in [1.165, 1.54) is 11.1 Å². The number of aryl methyl sites for hydroxylation is 2. The zero-order valence-electron chi connectivity index (χ0n) is 11.6. The number of aromatic hydroxyl groups is 1. The summed E-state index contributed by atoms with van der Waals surface area (Å²) in [5, 5.41) is 10.1. The number of phenolic OH excluding ortho intramolecular Hbond substituents is 1. The molecule has 1 nitrogen and oxygen atoms in total. The number of rotatable bonds is 4. The topological polar surface area (TPSA) is 20.2 Å². The van der Waals surface area contributed by atoms with Crippen molar-refractivity contribution in [3.8, 4) is 5.75 Å². The molecule has 0 bridgehead atoms. The van der Waals surface area contributed by atoms with Crippen LogP contribution in [0.25, 0.3) is 12.2 Å². The first-order valence-corrected chi connectivity index (χ1v) is 6.83. The predicted octanol–water partition coefficient (Wildman–Crippen LogP) is 4.69. The molecule has 98 valence electrons. The lowest BCUT2D eigenvalue weighted by Crippen LogP contribution is -1.86. The Bertz CT molecular complexity index is 582. The van der Waals surface area contributed by atoms with Gasteiger partial charge in [0.05, 0.1) is 0 Å². The van der Waals surface area contributed by atoms with Crippen LogP contribution in [-0.4, -0.2) is 5.11 Å². The van der Waals surface area contributed by atoms with Crippen molar-refractivity contribution in [1.82, 2.24) is 0 Å². The lowest BCUT2D eigenvalue weighted by Gasteiger charge is -2.05. The quantitative estimate of drug-likeness (QED) is 0.783. The minimum atomic E-state index is 0.398. The second-order valence-electron chi connectivity index (χ2n) is 4.59. The van der Waals surface area contributed by atoms with Gasteiger partial charge in [0.25, 0.3) is 0 Å². The molecule has 19 heavy (non-hydrogen) atoms. The van der Waals surface area contributed by atoms with Gasteiger partial charge < -0.3 is 5.11 Å². The lowest BCUT2D eigenvalue weighted by molar-refractivity contribution is 0.467. The van der Waals surface area contributed by atoms with Crippen molar-refractivity contribution in [3.63, 3.8) is 0 Å². The van der Waals surface area contributed by atoms with Gasteiger partial charge in [-0.2, -0.15) is 0 Å². The van der Waals surface area contributed by atoms with Crippen LogP contribution in [0.2, 0.25) is 0 Å². The highest BCUT2D eigenvalue weighted by Gasteiger charge is 2.02. The van der Waals surface area contributed by atoms with Crippen LogP contribution in [0.4, 0.5) is 0 Å². The highest BCUT2D eigenvalue weighted by atomic mass is 16.3. The fourth-order valence-corrected chi connectivity index (χ4v) is 2.23. The Kier molecular flexibility index (Phi) is 4.40. The Labute approximate surface area is 115 Å². The van der Waals surface area contributed by atoms with Crippen molar-refractivity contribution >= 4 is 12.2 Å². The first-order valence-electron chi connectivity index (χ1n) is 6.83. The van der Waals surface area contributed by atoms with Gasteiger partial charge in [-0.05, 0) is 29.5 Å². The molecule has 0 heterocycles. The zero-order valence-corrected chi connectivity index (χ0v) is 11.6. The van der Waals surface area contributed by atoms with Gasteiger partial charge in [-0.1, -0.05) is 68.5 Å². The van der Waals surface area contributed by atoms with E-state index in [2.05, 4.69) is 38.1 Å². The van der Waals surface area contributed by atoms with Crippen LogP contribution in [0, 0.1) is 0 Å². The maximum atomic E-state index is 10.1. The third-order valence-electron chi connectivity index (χ3n) is 3.41. The molecule has 2 rings (SSSR count). The molecule has 0 aromatic heterocycles. The maximum Gasteiger partial charge on any atom is 0.125 e. The Hall–Kier alpha value is -2.02. The summed E-state index contributed by atoms with van der Waals surface area (Å²) >= 11 is 0. The van der Waals surface area contributed by atoms with Crippen LogP contribution in [0.15, 0.2) is 42.5 Å². The number of benzene rings is 2. The highest BCUT2D eigenvalue weighted by Crippen LogP contribution is 2.25. The molecule has 0 fully saturated rings. The molecule has 0 atom stereocenters. The third kappa shape index (κ3) is 3.05. The van der Waals surface area contributed by atoms with Crippen LogP contribution in [0.3, 0.4) is 0 Å². The van der Waals surface area contributed by atoms with E-state index < -0.39 is 0 Å². The Morgan fingerprint density at radius 3 is 2.11 bits per heavy atom. The summed E-state index contributed by atoms with van der Waals surface area (Å²) in [5.41, 5.74) is 4.41. The Morgan fingerprint density at radius 1 is 0.789 bits per heavy atom. The minimum absolute atomic E-state index is 0.398. The molecular weight excluding hydrogens is 232 g/mol. The van der Waals surface area contributed by atoms with Gasteiger partial charge in [0.2, 0.25) is 0 Å². The van der Waals surface area contributed by atoms with Crippen molar-refractivity contribution in [2.24, 2.45) is 0 Å². The Balaban J connectivity index is 2.33. The summed E-state index contributed by atoms with van der Waals surface area (Å²) in [6, 6.07) is 14.3. The van der Waals surface area contributed by atoms with Crippen molar-refractivity contribution in [3.05, 3.63) is 64.7 Å². The first kappa shape index (κ1) is 13.4. The largest absolute Gasteiger partial charge is 0.507 e. The van der Waals surface area contributed by atoms with Crippen molar-refractivity contribution < 1.29 is 5.11 Å². The standard InChI is InChI=1S/C18H20O/c1-3-14-8-5-6-9-16(14)12-13-17-11-7-10-15(4-2)18(17)19/h5-13,19H,3-4H2,1-2H3/b13-12+.